The lowest BCUT2D eigenvalue weighted by Crippen LogP contribution is -2.09. The van der Waals surface area contributed by atoms with Gasteiger partial charge in [-0.05, 0) is 44.7 Å². The van der Waals surface area contributed by atoms with Crippen LogP contribution in [0, 0.1) is 12.8 Å². The molecule has 20 heavy (non-hydrogen) atoms. The van der Waals surface area contributed by atoms with Crippen molar-refractivity contribution in [2.24, 2.45) is 5.92 Å². The highest BCUT2D eigenvalue weighted by Gasteiger charge is 2.18. The van der Waals surface area contributed by atoms with Crippen LogP contribution < -0.4 is 4.74 Å². The van der Waals surface area contributed by atoms with Crippen LogP contribution in [0.4, 0.5) is 0 Å². The molecule has 1 aromatic rings. The summed E-state index contributed by atoms with van der Waals surface area (Å²) in [6, 6.07) is 6.09. The Morgan fingerprint density at radius 2 is 2.00 bits per heavy atom. The van der Waals surface area contributed by atoms with Crippen molar-refractivity contribution in [3.05, 3.63) is 29.3 Å². The third-order valence-electron chi connectivity index (χ3n) is 4.40. The van der Waals surface area contributed by atoms with Crippen molar-refractivity contribution in [1.82, 2.24) is 0 Å². The molecule has 2 rings (SSSR count). The van der Waals surface area contributed by atoms with Crippen molar-refractivity contribution >= 4 is 0 Å². The summed E-state index contributed by atoms with van der Waals surface area (Å²) in [5.41, 5.74) is 2.14. The molecular formula is C18H28O2. The number of benzene rings is 1. The minimum Gasteiger partial charge on any atom is -0.493 e. The number of hydrogen-bond acceptors (Lipinski definition) is 2. The van der Waals surface area contributed by atoms with E-state index < -0.39 is 6.10 Å². The molecule has 0 aliphatic heterocycles. The van der Waals surface area contributed by atoms with Crippen LogP contribution in [0.2, 0.25) is 0 Å². The van der Waals surface area contributed by atoms with Gasteiger partial charge in [-0.25, -0.2) is 0 Å². The monoisotopic (exact) mass is 276 g/mol. The number of hydrogen-bond donors (Lipinski definition) is 1. The molecule has 0 heterocycles. The van der Waals surface area contributed by atoms with E-state index in [9.17, 15) is 5.11 Å². The van der Waals surface area contributed by atoms with Crippen molar-refractivity contribution in [3.63, 3.8) is 0 Å². The van der Waals surface area contributed by atoms with E-state index >= 15 is 0 Å². The van der Waals surface area contributed by atoms with Crippen LogP contribution in [0.1, 0.15) is 69.1 Å². The SMILES string of the molecule is CCOc1ccc(C)cc1C(O)CCC1CCCCC1. The molecule has 0 bridgehead atoms. The number of aryl methyl sites for hydroxylation is 1. The van der Waals surface area contributed by atoms with Gasteiger partial charge in [-0.15, -0.1) is 0 Å². The Balaban J connectivity index is 1.96. The maximum atomic E-state index is 10.5. The molecule has 1 N–H and O–H groups in total. The van der Waals surface area contributed by atoms with Gasteiger partial charge in [0.15, 0.2) is 0 Å². The summed E-state index contributed by atoms with van der Waals surface area (Å²) in [5, 5.41) is 10.5. The van der Waals surface area contributed by atoms with E-state index in [0.717, 1.165) is 30.1 Å². The summed E-state index contributed by atoms with van der Waals surface area (Å²) in [4.78, 5) is 0. The first kappa shape index (κ1) is 15.4. The molecule has 0 aromatic heterocycles. The van der Waals surface area contributed by atoms with Crippen molar-refractivity contribution in [2.75, 3.05) is 6.61 Å². The second kappa shape index (κ2) is 7.68. The lowest BCUT2D eigenvalue weighted by Gasteiger charge is -2.23. The molecule has 1 aliphatic rings. The Hall–Kier alpha value is -1.02. The van der Waals surface area contributed by atoms with E-state index in [0.29, 0.717) is 6.61 Å². The summed E-state index contributed by atoms with van der Waals surface area (Å²) >= 11 is 0. The highest BCUT2D eigenvalue weighted by molar-refractivity contribution is 5.38. The summed E-state index contributed by atoms with van der Waals surface area (Å²) in [6.45, 7) is 4.69. The zero-order valence-electron chi connectivity index (χ0n) is 12.9. The summed E-state index contributed by atoms with van der Waals surface area (Å²) in [7, 11) is 0. The molecule has 1 aromatic carbocycles. The van der Waals surface area contributed by atoms with E-state index in [1.807, 2.05) is 19.1 Å². The number of ether oxygens (including phenoxy) is 1. The topological polar surface area (TPSA) is 29.5 Å². The quantitative estimate of drug-likeness (QED) is 0.809. The Bertz CT molecular complexity index is 408. The first-order valence-corrected chi connectivity index (χ1v) is 8.12. The fourth-order valence-electron chi connectivity index (χ4n) is 3.24. The standard InChI is InChI=1S/C18H28O2/c1-3-20-18-12-9-14(2)13-16(18)17(19)11-10-15-7-5-4-6-8-15/h9,12-13,15,17,19H,3-8,10-11H2,1-2H3. The largest absolute Gasteiger partial charge is 0.493 e. The molecule has 0 radical (unpaired) electrons. The van der Waals surface area contributed by atoms with Crippen molar-refractivity contribution in [1.29, 1.82) is 0 Å². The van der Waals surface area contributed by atoms with Crippen molar-refractivity contribution in [3.8, 4) is 5.75 Å². The zero-order chi connectivity index (χ0) is 14.4. The minimum absolute atomic E-state index is 0.390. The van der Waals surface area contributed by atoms with Gasteiger partial charge < -0.3 is 9.84 Å². The maximum Gasteiger partial charge on any atom is 0.125 e. The van der Waals surface area contributed by atoms with Gasteiger partial charge in [0.05, 0.1) is 12.7 Å². The lowest BCUT2D eigenvalue weighted by atomic mass is 9.85. The second-order valence-electron chi connectivity index (χ2n) is 6.07. The predicted molar refractivity (Wildman–Crippen MR) is 83.1 cm³/mol. The fraction of sp³-hybridized carbons (Fsp3) is 0.667. The Labute approximate surface area is 123 Å². The molecule has 0 amide bonds. The molecule has 1 saturated carbocycles. The molecule has 0 saturated heterocycles. The maximum absolute atomic E-state index is 10.5. The smallest absolute Gasteiger partial charge is 0.125 e. The highest BCUT2D eigenvalue weighted by atomic mass is 16.5. The molecule has 1 fully saturated rings. The van der Waals surface area contributed by atoms with Crippen LogP contribution >= 0.6 is 0 Å². The number of rotatable bonds is 6. The van der Waals surface area contributed by atoms with Gasteiger partial charge in [-0.3, -0.25) is 0 Å². The van der Waals surface area contributed by atoms with Gasteiger partial charge >= 0.3 is 0 Å². The molecule has 112 valence electrons. The summed E-state index contributed by atoms with van der Waals surface area (Å²) in [5.74, 6) is 1.66. The van der Waals surface area contributed by atoms with Crippen molar-refractivity contribution < 1.29 is 9.84 Å². The Morgan fingerprint density at radius 3 is 2.70 bits per heavy atom. The van der Waals surface area contributed by atoms with Crippen LogP contribution in [-0.2, 0) is 0 Å². The molecule has 1 aliphatic carbocycles. The normalized spacial score (nSPS) is 17.9. The highest BCUT2D eigenvalue weighted by Crippen LogP contribution is 2.33. The van der Waals surface area contributed by atoms with E-state index in [4.69, 9.17) is 4.74 Å². The van der Waals surface area contributed by atoms with E-state index in [1.54, 1.807) is 0 Å². The van der Waals surface area contributed by atoms with Crippen molar-refractivity contribution in [2.45, 2.75) is 64.9 Å². The third-order valence-corrected chi connectivity index (χ3v) is 4.40. The van der Waals surface area contributed by atoms with Gasteiger partial charge in [0.25, 0.3) is 0 Å². The summed E-state index contributed by atoms with van der Waals surface area (Å²) < 4.78 is 5.64. The first-order valence-electron chi connectivity index (χ1n) is 8.12. The average Bonchev–Trinajstić information content (AvgIpc) is 2.48. The molecule has 1 atom stereocenters. The third kappa shape index (κ3) is 4.24. The van der Waals surface area contributed by atoms with Crippen LogP contribution in [0.15, 0.2) is 18.2 Å². The van der Waals surface area contributed by atoms with Crippen LogP contribution in [0.25, 0.3) is 0 Å². The second-order valence-corrected chi connectivity index (χ2v) is 6.07. The number of aliphatic hydroxyl groups is 1. The number of aliphatic hydroxyl groups excluding tert-OH is 1. The molecule has 2 heteroatoms. The van der Waals surface area contributed by atoms with Gasteiger partial charge in [-0.2, -0.15) is 0 Å². The van der Waals surface area contributed by atoms with Crippen LogP contribution in [-0.4, -0.2) is 11.7 Å². The fourth-order valence-corrected chi connectivity index (χ4v) is 3.24. The van der Waals surface area contributed by atoms with E-state index in [2.05, 4.69) is 13.0 Å². The van der Waals surface area contributed by atoms with Gasteiger partial charge in [-0.1, -0.05) is 43.7 Å². The molecule has 2 nitrogen and oxygen atoms in total. The summed E-state index contributed by atoms with van der Waals surface area (Å²) in [6.07, 6.45) is 8.43. The Kier molecular flexibility index (Phi) is 5.90. The van der Waals surface area contributed by atoms with Gasteiger partial charge in [0.1, 0.15) is 5.75 Å². The van der Waals surface area contributed by atoms with E-state index in [1.165, 1.54) is 37.7 Å². The average molecular weight is 276 g/mol. The van der Waals surface area contributed by atoms with E-state index in [-0.39, 0.29) is 0 Å². The molecular weight excluding hydrogens is 248 g/mol. The first-order chi connectivity index (χ1) is 9.70. The molecule has 0 spiro atoms. The molecule has 1 unspecified atom stereocenters. The van der Waals surface area contributed by atoms with Crippen LogP contribution in [0.5, 0.6) is 5.75 Å². The lowest BCUT2D eigenvalue weighted by molar-refractivity contribution is 0.146. The van der Waals surface area contributed by atoms with Gasteiger partial charge in [0, 0.05) is 5.56 Å². The van der Waals surface area contributed by atoms with Gasteiger partial charge in [0.2, 0.25) is 0 Å². The minimum atomic E-state index is -0.390. The zero-order valence-corrected chi connectivity index (χ0v) is 12.9. The van der Waals surface area contributed by atoms with Crippen LogP contribution in [0.3, 0.4) is 0 Å². The Morgan fingerprint density at radius 1 is 1.25 bits per heavy atom. The predicted octanol–water partition coefficient (Wildman–Crippen LogP) is 4.79.